The molecule has 3 aliphatic rings. The highest BCUT2D eigenvalue weighted by atomic mass is 16.5. The molecule has 2 saturated carbocycles. The fraction of sp³-hybridized carbons (Fsp3) is 0.450. The number of hydrazone groups is 1. The second-order valence-corrected chi connectivity index (χ2v) is 7.67. The lowest BCUT2D eigenvalue weighted by Crippen LogP contribution is -2.62. The maximum absolute atomic E-state index is 12.9. The largest absolute Gasteiger partial charge is 0.497 e. The van der Waals surface area contributed by atoms with Crippen molar-refractivity contribution in [1.82, 2.24) is 15.6 Å². The highest BCUT2D eigenvalue weighted by molar-refractivity contribution is 6.23. The molecule has 1 aliphatic heterocycles. The van der Waals surface area contributed by atoms with Gasteiger partial charge in [-0.3, -0.25) is 24.6 Å². The monoisotopic (exact) mass is 398 g/mol. The Balaban J connectivity index is 1.42. The van der Waals surface area contributed by atoms with Crippen LogP contribution >= 0.6 is 0 Å². The molecule has 9 heteroatoms. The van der Waals surface area contributed by atoms with Gasteiger partial charge in [0.2, 0.25) is 11.8 Å². The van der Waals surface area contributed by atoms with Crippen LogP contribution in [0, 0.1) is 17.8 Å². The van der Waals surface area contributed by atoms with Crippen LogP contribution in [-0.2, 0) is 9.59 Å². The van der Waals surface area contributed by atoms with Crippen molar-refractivity contribution < 1.29 is 23.9 Å². The molecule has 0 spiro atoms. The molecule has 1 aromatic rings. The van der Waals surface area contributed by atoms with Gasteiger partial charge in [-0.2, -0.15) is 5.10 Å². The average Bonchev–Trinajstić information content (AvgIpc) is 3.34. The van der Waals surface area contributed by atoms with E-state index in [0.717, 1.165) is 31.9 Å². The third-order valence-electron chi connectivity index (χ3n) is 6.01. The summed E-state index contributed by atoms with van der Waals surface area (Å²) >= 11 is 0. The normalized spacial score (nSPS) is 28.7. The average molecular weight is 398 g/mol. The zero-order chi connectivity index (χ0) is 20.5. The number of hydrogen-bond acceptors (Lipinski definition) is 6. The number of nitrogens with one attached hydrogen (secondary N) is 2. The van der Waals surface area contributed by atoms with E-state index < -0.39 is 29.7 Å². The molecule has 1 heterocycles. The maximum Gasteiger partial charge on any atom is 0.331 e. The molecular weight excluding hydrogens is 376 g/mol. The number of fused-ring (bicyclic) bond motifs is 2. The van der Waals surface area contributed by atoms with E-state index in [1.165, 1.54) is 12.0 Å². The first-order chi connectivity index (χ1) is 14.0. The molecule has 29 heavy (non-hydrogen) atoms. The molecule has 4 rings (SSSR count). The van der Waals surface area contributed by atoms with Crippen LogP contribution in [0.3, 0.4) is 0 Å². The van der Waals surface area contributed by atoms with Gasteiger partial charge in [-0.25, -0.2) is 10.2 Å². The van der Waals surface area contributed by atoms with Gasteiger partial charge in [-0.1, -0.05) is 6.42 Å². The lowest BCUT2D eigenvalue weighted by Gasteiger charge is -2.36. The molecule has 152 valence electrons. The first-order valence-electron chi connectivity index (χ1n) is 9.63. The summed E-state index contributed by atoms with van der Waals surface area (Å²) in [7, 11) is 1.52. The Hall–Kier alpha value is -3.23. The van der Waals surface area contributed by atoms with Crippen LogP contribution < -0.4 is 15.5 Å². The molecule has 0 aromatic heterocycles. The minimum Gasteiger partial charge on any atom is -0.497 e. The number of amides is 5. The summed E-state index contributed by atoms with van der Waals surface area (Å²) in [6, 6.07) is 5.57. The summed E-state index contributed by atoms with van der Waals surface area (Å²) in [5.41, 5.74) is 2.65. The Morgan fingerprint density at radius 1 is 1.21 bits per heavy atom. The van der Waals surface area contributed by atoms with Gasteiger partial charge in [0.05, 0.1) is 7.11 Å². The number of imide groups is 2. The number of urea groups is 1. The van der Waals surface area contributed by atoms with Crippen molar-refractivity contribution in [3.05, 3.63) is 29.8 Å². The van der Waals surface area contributed by atoms with Crippen LogP contribution in [0.1, 0.15) is 36.0 Å². The zero-order valence-electron chi connectivity index (χ0n) is 16.0. The van der Waals surface area contributed by atoms with Gasteiger partial charge in [0.15, 0.2) is 5.92 Å². The molecule has 4 atom stereocenters. The molecule has 5 amide bonds. The van der Waals surface area contributed by atoms with E-state index in [4.69, 9.17) is 4.74 Å². The van der Waals surface area contributed by atoms with E-state index in [0.29, 0.717) is 23.1 Å². The Labute approximate surface area is 167 Å². The predicted molar refractivity (Wildman–Crippen MR) is 102 cm³/mol. The van der Waals surface area contributed by atoms with Crippen molar-refractivity contribution >= 4 is 30.0 Å². The molecule has 1 aromatic carbocycles. The third-order valence-corrected chi connectivity index (χ3v) is 6.01. The van der Waals surface area contributed by atoms with E-state index >= 15 is 0 Å². The molecule has 2 bridgehead atoms. The molecule has 0 unspecified atom stereocenters. The molecule has 1 saturated heterocycles. The number of nitrogens with zero attached hydrogens (tertiary/aromatic N) is 2. The standard InChI is InChI=1S/C20H22N4O5/c1-29-14-6-4-12(5-7-14)17(25)23-21-10-15-18(26)22-20(28)24(19(15)27)16-9-11-2-3-13(16)8-11/h4-7,10-11,13,15-16H,2-3,8-9H2,1H3,(H,23,25)(H,22,26,28)/b21-10-/t11-,13-,15-,16+/m0/s1. The molecule has 3 fully saturated rings. The molecule has 0 radical (unpaired) electrons. The van der Waals surface area contributed by atoms with E-state index in [9.17, 15) is 19.2 Å². The van der Waals surface area contributed by atoms with Crippen LogP contribution in [0.15, 0.2) is 29.4 Å². The lowest BCUT2D eigenvalue weighted by atomic mass is 9.92. The summed E-state index contributed by atoms with van der Waals surface area (Å²) in [6.07, 6.45) is 5.01. The van der Waals surface area contributed by atoms with Crippen LogP contribution in [0.25, 0.3) is 0 Å². The topological polar surface area (TPSA) is 117 Å². The number of barbiturate groups is 1. The Morgan fingerprint density at radius 2 is 1.97 bits per heavy atom. The van der Waals surface area contributed by atoms with Gasteiger partial charge < -0.3 is 4.74 Å². The predicted octanol–water partition coefficient (Wildman–Crippen LogP) is 1.29. The first kappa shape index (κ1) is 19.1. The van der Waals surface area contributed by atoms with E-state index in [2.05, 4.69) is 15.8 Å². The fourth-order valence-electron chi connectivity index (χ4n) is 4.56. The second-order valence-electron chi connectivity index (χ2n) is 7.67. The van der Waals surface area contributed by atoms with Gasteiger partial charge in [-0.05, 0) is 55.4 Å². The maximum atomic E-state index is 12.9. The number of carbonyl (C=O) groups is 4. The number of hydrogen-bond donors (Lipinski definition) is 2. The minimum absolute atomic E-state index is 0.167. The fourth-order valence-corrected chi connectivity index (χ4v) is 4.56. The number of carbonyl (C=O) groups excluding carboxylic acids is 4. The van der Waals surface area contributed by atoms with E-state index in [1.54, 1.807) is 24.3 Å². The molecule has 2 aliphatic carbocycles. The van der Waals surface area contributed by atoms with Gasteiger partial charge in [0.1, 0.15) is 5.75 Å². The summed E-state index contributed by atoms with van der Waals surface area (Å²) in [5.74, 6) is -1.61. The third kappa shape index (κ3) is 3.59. The summed E-state index contributed by atoms with van der Waals surface area (Å²) in [5, 5.41) is 6.01. The SMILES string of the molecule is COc1ccc(C(=O)N/N=C\[C@H]2C(=O)NC(=O)N([C@@H]3C[C@H]4CC[C@H]3C4)C2=O)cc1. The van der Waals surface area contributed by atoms with Gasteiger partial charge in [0.25, 0.3) is 5.91 Å². The first-order valence-corrected chi connectivity index (χ1v) is 9.63. The van der Waals surface area contributed by atoms with E-state index in [1.807, 2.05) is 0 Å². The Bertz CT molecular complexity index is 881. The Kier molecular flexibility index (Phi) is 5.04. The number of ether oxygens (including phenoxy) is 1. The van der Waals surface area contributed by atoms with Crippen LogP contribution in [0.5, 0.6) is 5.75 Å². The summed E-state index contributed by atoms with van der Waals surface area (Å²) in [4.78, 5) is 50.6. The highest BCUT2D eigenvalue weighted by Gasteiger charge is 2.50. The van der Waals surface area contributed by atoms with Crippen LogP contribution in [0.4, 0.5) is 4.79 Å². The number of rotatable bonds is 5. The van der Waals surface area contributed by atoms with Crippen molar-refractivity contribution in [3.63, 3.8) is 0 Å². The summed E-state index contributed by atoms with van der Waals surface area (Å²) in [6.45, 7) is 0. The smallest absolute Gasteiger partial charge is 0.331 e. The highest BCUT2D eigenvalue weighted by Crippen LogP contribution is 2.47. The number of methoxy groups -OCH3 is 1. The van der Waals surface area contributed by atoms with Crippen LogP contribution in [-0.4, -0.2) is 48.0 Å². The van der Waals surface area contributed by atoms with Gasteiger partial charge >= 0.3 is 6.03 Å². The Morgan fingerprint density at radius 3 is 2.59 bits per heavy atom. The van der Waals surface area contributed by atoms with Crippen LogP contribution in [0.2, 0.25) is 0 Å². The number of benzene rings is 1. The van der Waals surface area contributed by atoms with Crippen molar-refractivity contribution in [3.8, 4) is 5.75 Å². The van der Waals surface area contributed by atoms with Crippen molar-refractivity contribution in [2.75, 3.05) is 7.11 Å². The molecule has 2 N–H and O–H groups in total. The van der Waals surface area contributed by atoms with Gasteiger partial charge in [-0.15, -0.1) is 0 Å². The second kappa shape index (κ2) is 7.65. The quantitative estimate of drug-likeness (QED) is 0.440. The zero-order valence-corrected chi connectivity index (χ0v) is 16.0. The van der Waals surface area contributed by atoms with Crippen molar-refractivity contribution in [2.24, 2.45) is 22.9 Å². The minimum atomic E-state index is -1.25. The summed E-state index contributed by atoms with van der Waals surface area (Å²) < 4.78 is 5.04. The lowest BCUT2D eigenvalue weighted by molar-refractivity contribution is -0.141. The van der Waals surface area contributed by atoms with Crippen molar-refractivity contribution in [2.45, 2.75) is 31.7 Å². The van der Waals surface area contributed by atoms with Crippen molar-refractivity contribution in [1.29, 1.82) is 0 Å². The molecular formula is C20H22N4O5. The molecule has 9 nitrogen and oxygen atoms in total. The van der Waals surface area contributed by atoms with Gasteiger partial charge in [0, 0.05) is 17.8 Å². The van der Waals surface area contributed by atoms with E-state index in [-0.39, 0.29) is 6.04 Å².